The summed E-state index contributed by atoms with van der Waals surface area (Å²) in [6, 6.07) is 9.58. The third-order valence-electron chi connectivity index (χ3n) is 6.76. The zero-order valence-corrected chi connectivity index (χ0v) is 21.3. The Balaban J connectivity index is 1.27. The van der Waals surface area contributed by atoms with Gasteiger partial charge in [0.15, 0.2) is 6.29 Å². The Kier molecular flexibility index (Phi) is 7.42. The van der Waals surface area contributed by atoms with E-state index in [1.54, 1.807) is 24.3 Å². The van der Waals surface area contributed by atoms with Crippen LogP contribution in [0.1, 0.15) is 48.2 Å². The predicted octanol–water partition coefficient (Wildman–Crippen LogP) is 3.69. The Bertz CT molecular complexity index is 1420. The fourth-order valence-electron chi connectivity index (χ4n) is 4.40. The monoisotopic (exact) mass is 539 g/mol. The molecule has 38 heavy (non-hydrogen) atoms. The zero-order valence-electron chi connectivity index (χ0n) is 20.6. The van der Waals surface area contributed by atoms with E-state index in [1.807, 2.05) is 0 Å². The molecule has 3 amide bonds. The Morgan fingerprint density at radius 1 is 1.13 bits per heavy atom. The van der Waals surface area contributed by atoms with E-state index in [-0.39, 0.29) is 53.8 Å². The molecular weight excluding hydrogens is 513 g/mol. The van der Waals surface area contributed by atoms with Crippen LogP contribution in [0.2, 0.25) is 5.02 Å². The molecule has 1 heterocycles. The van der Waals surface area contributed by atoms with Gasteiger partial charge in [0, 0.05) is 35.6 Å². The molecule has 0 radical (unpaired) electrons. The summed E-state index contributed by atoms with van der Waals surface area (Å²) in [4.78, 5) is 51.3. The molecule has 3 aromatic rings. The first-order valence-corrected chi connectivity index (χ1v) is 12.9. The third-order valence-corrected chi connectivity index (χ3v) is 7.05. The van der Waals surface area contributed by atoms with Gasteiger partial charge in [0.2, 0.25) is 17.7 Å². The Hall–Kier alpha value is -3.79. The number of nitrogens with zero attached hydrogens (tertiary/aromatic N) is 3. The number of benzene rings is 2. The Morgan fingerprint density at radius 2 is 1.92 bits per heavy atom. The number of hydrogen-bond donors (Lipinski definition) is 2. The fraction of sp³-hybridized carbons (Fsp3) is 0.370. The average Bonchev–Trinajstić information content (AvgIpc) is 3.83. The number of halogens is 2. The highest BCUT2D eigenvalue weighted by Gasteiger charge is 2.34. The molecule has 2 saturated carbocycles. The first-order valence-electron chi connectivity index (χ1n) is 12.6. The van der Waals surface area contributed by atoms with Crippen molar-refractivity contribution in [3.05, 3.63) is 58.5 Å². The number of nitrogens with one attached hydrogen (secondary N) is 2. The van der Waals surface area contributed by atoms with E-state index in [0.29, 0.717) is 35.2 Å². The molecule has 2 fully saturated rings. The number of carbonyl (C=O) groups excluding carboxylic acids is 4. The lowest BCUT2D eigenvalue weighted by Crippen LogP contribution is -2.43. The van der Waals surface area contributed by atoms with Crippen LogP contribution >= 0.6 is 11.6 Å². The highest BCUT2D eigenvalue weighted by molar-refractivity contribution is 6.30. The summed E-state index contributed by atoms with van der Waals surface area (Å²) >= 11 is 5.80. The van der Waals surface area contributed by atoms with Crippen molar-refractivity contribution < 1.29 is 23.6 Å². The number of hydrogen-bond acceptors (Lipinski definition) is 5. The number of rotatable bonds is 11. The quantitative estimate of drug-likeness (QED) is 0.361. The topological polar surface area (TPSA) is 113 Å². The van der Waals surface area contributed by atoms with Crippen molar-refractivity contribution in [1.82, 2.24) is 20.0 Å². The molecule has 2 N–H and O–H groups in total. The summed E-state index contributed by atoms with van der Waals surface area (Å²) in [7, 11) is 0. The summed E-state index contributed by atoms with van der Waals surface area (Å²) < 4.78 is 15.6. The van der Waals surface area contributed by atoms with Crippen LogP contribution in [0.3, 0.4) is 0 Å². The molecule has 9 nitrogen and oxygen atoms in total. The molecule has 0 bridgehead atoms. The van der Waals surface area contributed by atoms with Gasteiger partial charge in [0.1, 0.15) is 18.1 Å². The van der Waals surface area contributed by atoms with E-state index >= 15 is 0 Å². The van der Waals surface area contributed by atoms with Gasteiger partial charge in [0.25, 0.3) is 0 Å². The molecule has 2 aliphatic rings. The maximum absolute atomic E-state index is 14.1. The molecule has 0 atom stereocenters. The van der Waals surface area contributed by atoms with Crippen LogP contribution in [0.4, 0.5) is 10.1 Å². The Morgan fingerprint density at radius 3 is 2.63 bits per heavy atom. The molecule has 198 valence electrons. The van der Waals surface area contributed by atoms with Crippen LogP contribution < -0.4 is 10.6 Å². The van der Waals surface area contributed by atoms with Crippen molar-refractivity contribution in [2.75, 3.05) is 11.9 Å². The minimum Gasteiger partial charge on any atom is -0.350 e. The van der Waals surface area contributed by atoms with Crippen LogP contribution in [0.5, 0.6) is 0 Å². The molecule has 2 aliphatic carbocycles. The number of amides is 3. The van der Waals surface area contributed by atoms with Crippen molar-refractivity contribution in [1.29, 1.82) is 0 Å². The standard InChI is InChI=1S/C27H27ClFN5O4/c28-21-3-1-2-17(27(21)29)12-30-25(37)13-33(19-7-8-19)26(38)14-34-23-11-18(31-24(36)10-16-4-5-16)6-9-20(23)22(15-35)32-34/h1-3,6,9,11,15-16,19H,4-5,7-8,10,12-14H2,(H,30,37)(H,31,36). The van der Waals surface area contributed by atoms with Gasteiger partial charge < -0.3 is 15.5 Å². The normalized spacial score (nSPS) is 14.8. The van der Waals surface area contributed by atoms with E-state index < -0.39 is 11.7 Å². The van der Waals surface area contributed by atoms with Crippen LogP contribution in [0, 0.1) is 11.7 Å². The van der Waals surface area contributed by atoms with Gasteiger partial charge in [-0.2, -0.15) is 5.10 Å². The largest absolute Gasteiger partial charge is 0.350 e. The number of carbonyl (C=O) groups is 4. The summed E-state index contributed by atoms with van der Waals surface area (Å²) in [5, 5.41) is 10.3. The predicted molar refractivity (Wildman–Crippen MR) is 139 cm³/mol. The molecule has 1 aromatic heterocycles. The highest BCUT2D eigenvalue weighted by atomic mass is 35.5. The summed E-state index contributed by atoms with van der Waals surface area (Å²) in [6.45, 7) is -0.427. The first-order chi connectivity index (χ1) is 18.3. The van der Waals surface area contributed by atoms with Crippen LogP contribution in [-0.4, -0.2) is 51.3 Å². The van der Waals surface area contributed by atoms with Crippen molar-refractivity contribution >= 4 is 52.2 Å². The zero-order chi connectivity index (χ0) is 26.8. The fourth-order valence-corrected chi connectivity index (χ4v) is 4.59. The molecule has 0 aliphatic heterocycles. The molecule has 0 spiro atoms. The molecule has 11 heteroatoms. The molecule has 0 saturated heterocycles. The molecule has 0 unspecified atom stereocenters. The van der Waals surface area contributed by atoms with Gasteiger partial charge in [-0.05, 0) is 55.9 Å². The smallest absolute Gasteiger partial charge is 0.245 e. The highest BCUT2D eigenvalue weighted by Crippen LogP contribution is 2.33. The second-order valence-corrected chi connectivity index (χ2v) is 10.2. The second kappa shape index (κ2) is 10.9. The van der Waals surface area contributed by atoms with Crippen LogP contribution in [0.25, 0.3) is 10.9 Å². The molecule has 2 aromatic carbocycles. The van der Waals surface area contributed by atoms with Gasteiger partial charge in [-0.1, -0.05) is 23.7 Å². The van der Waals surface area contributed by atoms with Gasteiger partial charge in [-0.15, -0.1) is 0 Å². The van der Waals surface area contributed by atoms with Crippen LogP contribution in [-0.2, 0) is 27.5 Å². The van der Waals surface area contributed by atoms with Gasteiger partial charge in [-0.3, -0.25) is 23.9 Å². The van der Waals surface area contributed by atoms with E-state index in [4.69, 9.17) is 11.6 Å². The minimum absolute atomic E-state index is 0.0293. The van der Waals surface area contributed by atoms with Crippen molar-refractivity contribution in [3.63, 3.8) is 0 Å². The maximum Gasteiger partial charge on any atom is 0.245 e. The van der Waals surface area contributed by atoms with E-state index in [0.717, 1.165) is 25.7 Å². The van der Waals surface area contributed by atoms with Gasteiger partial charge in [0.05, 0.1) is 17.1 Å². The summed E-state index contributed by atoms with van der Waals surface area (Å²) in [6.07, 6.45) is 4.78. The van der Waals surface area contributed by atoms with E-state index in [2.05, 4.69) is 15.7 Å². The molecular formula is C27H27ClFN5O4. The van der Waals surface area contributed by atoms with Crippen molar-refractivity contribution in [3.8, 4) is 0 Å². The SMILES string of the molecule is O=Cc1nn(CC(=O)N(CC(=O)NCc2cccc(Cl)c2F)C2CC2)c2cc(NC(=O)CC3CC3)ccc12. The lowest BCUT2D eigenvalue weighted by atomic mass is 10.2. The van der Waals surface area contributed by atoms with Gasteiger partial charge >= 0.3 is 0 Å². The summed E-state index contributed by atoms with van der Waals surface area (Å²) in [5.41, 5.74) is 1.52. The van der Waals surface area contributed by atoms with Crippen molar-refractivity contribution in [2.45, 2.75) is 51.2 Å². The summed E-state index contributed by atoms with van der Waals surface area (Å²) in [5.74, 6) is -0.984. The third kappa shape index (κ3) is 6.02. The number of anilines is 1. The first kappa shape index (κ1) is 25.8. The van der Waals surface area contributed by atoms with Crippen LogP contribution in [0.15, 0.2) is 36.4 Å². The lowest BCUT2D eigenvalue weighted by molar-refractivity contribution is -0.137. The lowest BCUT2D eigenvalue weighted by Gasteiger charge is -2.22. The van der Waals surface area contributed by atoms with Gasteiger partial charge in [-0.25, -0.2) is 4.39 Å². The molecule has 5 rings (SSSR count). The number of aldehydes is 1. The Labute approximate surface area is 223 Å². The second-order valence-electron chi connectivity index (χ2n) is 9.83. The van der Waals surface area contributed by atoms with Crippen molar-refractivity contribution in [2.24, 2.45) is 5.92 Å². The average molecular weight is 540 g/mol. The minimum atomic E-state index is -0.593. The number of fused-ring (bicyclic) bond motifs is 1. The van der Waals surface area contributed by atoms with E-state index in [1.165, 1.54) is 21.7 Å². The maximum atomic E-state index is 14.1. The van der Waals surface area contributed by atoms with E-state index in [9.17, 15) is 23.6 Å². The number of aromatic nitrogens is 2.